The van der Waals surface area contributed by atoms with Crippen molar-refractivity contribution in [1.82, 2.24) is 4.98 Å². The van der Waals surface area contributed by atoms with Crippen molar-refractivity contribution < 1.29 is 19.7 Å². The minimum atomic E-state index is -1.02. The Bertz CT molecular complexity index is 936. The summed E-state index contributed by atoms with van der Waals surface area (Å²) in [6.45, 7) is 3.44. The summed E-state index contributed by atoms with van der Waals surface area (Å²) in [6, 6.07) is 14.9. The lowest BCUT2D eigenvalue weighted by Crippen LogP contribution is -2.23. The van der Waals surface area contributed by atoms with E-state index in [2.05, 4.69) is 4.98 Å². The average molecular weight is 337 g/mol. The first-order chi connectivity index (χ1) is 12.0. The molecule has 2 aromatic carbocycles. The first-order valence-electron chi connectivity index (χ1n) is 7.99. The van der Waals surface area contributed by atoms with Gasteiger partial charge in [0.25, 0.3) is 0 Å². The van der Waals surface area contributed by atoms with Crippen LogP contribution in [-0.2, 0) is 11.4 Å². The van der Waals surface area contributed by atoms with E-state index >= 15 is 0 Å². The van der Waals surface area contributed by atoms with Gasteiger partial charge in [0.05, 0.1) is 17.8 Å². The summed E-state index contributed by atoms with van der Waals surface area (Å²) < 4.78 is 5.58. The maximum Gasteiger partial charge on any atom is 0.344 e. The first kappa shape index (κ1) is 16.9. The van der Waals surface area contributed by atoms with Gasteiger partial charge in [0.1, 0.15) is 5.75 Å². The van der Waals surface area contributed by atoms with Gasteiger partial charge >= 0.3 is 5.97 Å². The molecule has 0 spiro atoms. The number of carboxylic acid groups (broad SMARTS) is 1. The third-order valence-corrected chi connectivity index (χ3v) is 4.08. The van der Waals surface area contributed by atoms with Crippen LogP contribution in [0, 0.1) is 6.92 Å². The number of rotatable bonds is 5. The van der Waals surface area contributed by atoms with Crippen LogP contribution >= 0.6 is 0 Å². The summed E-state index contributed by atoms with van der Waals surface area (Å²) in [5.41, 5.74) is 4.05. The van der Waals surface area contributed by atoms with Crippen molar-refractivity contribution in [2.75, 3.05) is 0 Å². The number of hydrogen-bond donors (Lipinski definition) is 2. The summed E-state index contributed by atoms with van der Waals surface area (Å²) >= 11 is 0. The van der Waals surface area contributed by atoms with Crippen LogP contribution in [-0.4, -0.2) is 27.3 Å². The minimum Gasteiger partial charge on any atom is -0.479 e. The number of ether oxygens (including phenoxy) is 1. The summed E-state index contributed by atoms with van der Waals surface area (Å²) in [4.78, 5) is 15.8. The predicted octanol–water partition coefficient (Wildman–Crippen LogP) is 3.55. The fourth-order valence-electron chi connectivity index (χ4n) is 2.71. The van der Waals surface area contributed by atoms with E-state index in [0.29, 0.717) is 11.4 Å². The van der Waals surface area contributed by atoms with E-state index < -0.39 is 12.1 Å². The van der Waals surface area contributed by atoms with Gasteiger partial charge in [0.15, 0.2) is 6.10 Å². The van der Waals surface area contributed by atoms with Crippen molar-refractivity contribution in [1.29, 1.82) is 0 Å². The van der Waals surface area contributed by atoms with Crippen LogP contribution in [0.25, 0.3) is 22.2 Å². The lowest BCUT2D eigenvalue weighted by atomic mass is 10.0. The standard InChI is InChI=1S/C20H19NO4/c1-12-9-17(21-18-10-14(11-22)7-8-15(12)18)16-5-3-4-6-19(16)25-13(2)20(23)24/h3-10,13,22H,11H2,1-2H3,(H,23,24). The van der Waals surface area contributed by atoms with Gasteiger partial charge < -0.3 is 14.9 Å². The third-order valence-electron chi connectivity index (χ3n) is 4.08. The molecule has 0 aliphatic rings. The fraction of sp³-hybridized carbons (Fsp3) is 0.200. The van der Waals surface area contributed by atoms with Gasteiger partial charge in [-0.25, -0.2) is 9.78 Å². The van der Waals surface area contributed by atoms with Gasteiger partial charge in [-0.3, -0.25) is 0 Å². The van der Waals surface area contributed by atoms with E-state index in [1.165, 1.54) is 6.92 Å². The number of aliphatic hydroxyl groups excluding tert-OH is 1. The van der Waals surface area contributed by atoms with Crippen LogP contribution in [0.1, 0.15) is 18.1 Å². The molecular formula is C20H19NO4. The molecule has 0 fully saturated rings. The minimum absolute atomic E-state index is 0.0449. The number of hydrogen-bond acceptors (Lipinski definition) is 4. The molecule has 1 heterocycles. The fourth-order valence-corrected chi connectivity index (χ4v) is 2.71. The molecule has 2 N–H and O–H groups in total. The van der Waals surface area contributed by atoms with Crippen LogP contribution in [0.5, 0.6) is 5.75 Å². The number of nitrogens with zero attached hydrogens (tertiary/aromatic N) is 1. The molecule has 1 atom stereocenters. The average Bonchev–Trinajstić information content (AvgIpc) is 2.61. The van der Waals surface area contributed by atoms with Gasteiger partial charge in [-0.15, -0.1) is 0 Å². The molecule has 0 saturated heterocycles. The zero-order chi connectivity index (χ0) is 18.0. The van der Waals surface area contributed by atoms with E-state index in [1.54, 1.807) is 12.1 Å². The molecule has 0 bridgehead atoms. The number of aryl methyl sites for hydroxylation is 1. The van der Waals surface area contributed by atoms with Crippen molar-refractivity contribution in [2.45, 2.75) is 26.6 Å². The Morgan fingerprint density at radius 2 is 1.96 bits per heavy atom. The molecule has 1 aromatic heterocycles. The van der Waals surface area contributed by atoms with Crippen LogP contribution in [0.3, 0.4) is 0 Å². The normalized spacial score (nSPS) is 12.1. The smallest absolute Gasteiger partial charge is 0.344 e. The molecule has 1 unspecified atom stereocenters. The van der Waals surface area contributed by atoms with E-state index in [1.807, 2.05) is 43.3 Å². The van der Waals surface area contributed by atoms with Gasteiger partial charge in [0, 0.05) is 10.9 Å². The molecule has 128 valence electrons. The van der Waals surface area contributed by atoms with Gasteiger partial charge in [-0.1, -0.05) is 24.3 Å². The van der Waals surface area contributed by atoms with Gasteiger partial charge in [-0.2, -0.15) is 0 Å². The highest BCUT2D eigenvalue weighted by molar-refractivity contribution is 5.86. The zero-order valence-electron chi connectivity index (χ0n) is 14.1. The van der Waals surface area contributed by atoms with E-state index in [-0.39, 0.29) is 6.61 Å². The number of benzene rings is 2. The second-order valence-corrected chi connectivity index (χ2v) is 5.93. The van der Waals surface area contributed by atoms with E-state index in [9.17, 15) is 9.90 Å². The molecule has 0 saturated carbocycles. The summed E-state index contributed by atoms with van der Waals surface area (Å²) in [5, 5.41) is 19.4. The van der Waals surface area contributed by atoms with Crippen molar-refractivity contribution >= 4 is 16.9 Å². The molecule has 3 aromatic rings. The Morgan fingerprint density at radius 1 is 1.20 bits per heavy atom. The second-order valence-electron chi connectivity index (χ2n) is 5.93. The van der Waals surface area contributed by atoms with Crippen LogP contribution < -0.4 is 4.74 Å². The molecule has 5 heteroatoms. The molecule has 25 heavy (non-hydrogen) atoms. The number of fused-ring (bicyclic) bond motifs is 1. The molecule has 0 amide bonds. The highest BCUT2D eigenvalue weighted by Gasteiger charge is 2.16. The number of para-hydroxylation sites is 1. The maximum absolute atomic E-state index is 11.1. The van der Waals surface area contributed by atoms with Crippen LogP contribution in [0.15, 0.2) is 48.5 Å². The maximum atomic E-state index is 11.1. The lowest BCUT2D eigenvalue weighted by Gasteiger charge is -2.15. The molecular weight excluding hydrogens is 318 g/mol. The Labute approximate surface area is 145 Å². The largest absolute Gasteiger partial charge is 0.479 e. The SMILES string of the molecule is Cc1cc(-c2ccccc2OC(C)C(=O)O)nc2cc(CO)ccc12. The summed E-state index contributed by atoms with van der Waals surface area (Å²) in [5.74, 6) is -0.549. The molecule has 5 nitrogen and oxygen atoms in total. The van der Waals surface area contributed by atoms with Crippen molar-refractivity contribution in [2.24, 2.45) is 0 Å². The molecule has 0 aliphatic heterocycles. The Hall–Kier alpha value is -2.92. The van der Waals surface area contributed by atoms with Crippen molar-refractivity contribution in [3.8, 4) is 17.0 Å². The highest BCUT2D eigenvalue weighted by Crippen LogP contribution is 2.32. The topological polar surface area (TPSA) is 79.7 Å². The number of pyridine rings is 1. The number of aromatic nitrogens is 1. The predicted molar refractivity (Wildman–Crippen MR) is 95.6 cm³/mol. The number of aliphatic carboxylic acids is 1. The van der Waals surface area contributed by atoms with Crippen LogP contribution in [0.2, 0.25) is 0 Å². The van der Waals surface area contributed by atoms with Crippen molar-refractivity contribution in [3.05, 3.63) is 59.7 Å². The van der Waals surface area contributed by atoms with Crippen LogP contribution in [0.4, 0.5) is 0 Å². The summed E-state index contributed by atoms with van der Waals surface area (Å²) in [7, 11) is 0. The molecule has 3 rings (SSSR count). The monoisotopic (exact) mass is 337 g/mol. The third kappa shape index (κ3) is 3.46. The van der Waals surface area contributed by atoms with E-state index in [4.69, 9.17) is 9.84 Å². The second kappa shape index (κ2) is 6.91. The Balaban J connectivity index is 2.11. The Morgan fingerprint density at radius 3 is 2.68 bits per heavy atom. The van der Waals surface area contributed by atoms with Gasteiger partial charge in [0.2, 0.25) is 0 Å². The molecule has 0 aliphatic carbocycles. The highest BCUT2D eigenvalue weighted by atomic mass is 16.5. The van der Waals surface area contributed by atoms with Gasteiger partial charge in [-0.05, 0) is 49.2 Å². The number of aliphatic hydroxyl groups is 1. The number of carboxylic acids is 1. The summed E-state index contributed by atoms with van der Waals surface area (Å²) in [6.07, 6.45) is -0.955. The molecule has 0 radical (unpaired) electrons. The Kier molecular flexibility index (Phi) is 4.67. The lowest BCUT2D eigenvalue weighted by molar-refractivity contribution is -0.144. The first-order valence-corrected chi connectivity index (χ1v) is 7.99. The quantitative estimate of drug-likeness (QED) is 0.744. The zero-order valence-corrected chi connectivity index (χ0v) is 14.1. The number of carbonyl (C=O) groups is 1. The van der Waals surface area contributed by atoms with E-state index in [0.717, 1.165) is 27.6 Å². The van der Waals surface area contributed by atoms with Crippen molar-refractivity contribution in [3.63, 3.8) is 0 Å².